The lowest BCUT2D eigenvalue weighted by molar-refractivity contribution is 0.601. The lowest BCUT2D eigenvalue weighted by Gasteiger charge is -2.15. The van der Waals surface area contributed by atoms with Gasteiger partial charge in [-0.05, 0) is 31.6 Å². The molecule has 0 aliphatic heterocycles. The van der Waals surface area contributed by atoms with Crippen molar-refractivity contribution in [3.8, 4) is 0 Å². The van der Waals surface area contributed by atoms with E-state index in [0.29, 0.717) is 6.04 Å². The summed E-state index contributed by atoms with van der Waals surface area (Å²) in [5.41, 5.74) is 1.18. The van der Waals surface area contributed by atoms with Gasteiger partial charge in [-0.15, -0.1) is 0 Å². The molecule has 0 spiro atoms. The van der Waals surface area contributed by atoms with E-state index < -0.39 is 0 Å². The molecule has 1 heterocycles. The lowest BCUT2D eigenvalue weighted by atomic mass is 10.1. The molecule has 15 heavy (non-hydrogen) atoms. The van der Waals surface area contributed by atoms with E-state index >= 15 is 0 Å². The highest BCUT2D eigenvalue weighted by molar-refractivity contribution is 5.39. The Bertz CT molecular complexity index is 302. The van der Waals surface area contributed by atoms with Crippen LogP contribution in [-0.4, -0.2) is 15.8 Å². The fraction of sp³-hybridized carbons (Fsp3) is 0.750. The second kappa shape index (κ2) is 4.69. The number of rotatable bonds is 6. The van der Waals surface area contributed by atoms with Gasteiger partial charge in [-0.3, -0.25) is 4.68 Å². The first kappa shape index (κ1) is 10.5. The number of aryl methyl sites for hydroxylation is 1. The van der Waals surface area contributed by atoms with Gasteiger partial charge in [-0.2, -0.15) is 5.10 Å². The molecular formula is C12H21N3. The molecule has 0 amide bonds. The zero-order chi connectivity index (χ0) is 10.7. The molecule has 3 nitrogen and oxygen atoms in total. The Morgan fingerprint density at radius 1 is 1.53 bits per heavy atom. The topological polar surface area (TPSA) is 29.9 Å². The maximum Gasteiger partial charge on any atom is 0.0728 e. The molecule has 1 aromatic heterocycles. The quantitative estimate of drug-likeness (QED) is 0.777. The first-order valence-corrected chi connectivity index (χ1v) is 6.12. The van der Waals surface area contributed by atoms with Crippen LogP contribution < -0.4 is 5.32 Å². The Hall–Kier alpha value is -0.990. The van der Waals surface area contributed by atoms with E-state index in [1.165, 1.54) is 24.9 Å². The number of anilines is 1. The largest absolute Gasteiger partial charge is 0.380 e. The summed E-state index contributed by atoms with van der Waals surface area (Å²) >= 11 is 0. The van der Waals surface area contributed by atoms with Gasteiger partial charge in [-0.1, -0.05) is 13.8 Å². The molecule has 1 aromatic rings. The summed E-state index contributed by atoms with van der Waals surface area (Å²) in [7, 11) is 0. The smallest absolute Gasteiger partial charge is 0.0728 e. The monoisotopic (exact) mass is 207 g/mol. The molecule has 1 unspecified atom stereocenters. The first-order chi connectivity index (χ1) is 7.33. The van der Waals surface area contributed by atoms with Crippen molar-refractivity contribution in [1.82, 2.24) is 9.78 Å². The maximum absolute atomic E-state index is 4.33. The van der Waals surface area contributed by atoms with E-state index in [2.05, 4.69) is 30.5 Å². The van der Waals surface area contributed by atoms with Gasteiger partial charge in [0.15, 0.2) is 0 Å². The van der Waals surface area contributed by atoms with E-state index in [1.54, 1.807) is 0 Å². The third-order valence-corrected chi connectivity index (χ3v) is 3.07. The second-order valence-corrected chi connectivity index (χ2v) is 4.49. The Balaban J connectivity index is 1.90. The highest BCUT2D eigenvalue weighted by Crippen LogP contribution is 2.35. The summed E-state index contributed by atoms with van der Waals surface area (Å²) < 4.78 is 2.02. The number of hydrogen-bond acceptors (Lipinski definition) is 2. The standard InChI is InChI=1S/C12H21N3/c1-3-7-15-9-11(8-13-15)14-12(4-2)10-5-6-10/h8-10,12,14H,3-7H2,1-2H3. The van der Waals surface area contributed by atoms with Crippen LogP contribution in [0.3, 0.4) is 0 Å². The molecule has 0 radical (unpaired) electrons. The Morgan fingerprint density at radius 2 is 2.33 bits per heavy atom. The first-order valence-electron chi connectivity index (χ1n) is 6.12. The van der Waals surface area contributed by atoms with Crippen molar-refractivity contribution in [2.24, 2.45) is 5.92 Å². The van der Waals surface area contributed by atoms with Crippen LogP contribution in [0.2, 0.25) is 0 Å². The fourth-order valence-electron chi connectivity index (χ4n) is 2.06. The highest BCUT2D eigenvalue weighted by atomic mass is 15.3. The SMILES string of the molecule is CCCn1cc(NC(CC)C2CC2)cn1. The van der Waals surface area contributed by atoms with Gasteiger partial charge in [0.2, 0.25) is 0 Å². The lowest BCUT2D eigenvalue weighted by Crippen LogP contribution is -2.20. The van der Waals surface area contributed by atoms with Crippen molar-refractivity contribution < 1.29 is 0 Å². The van der Waals surface area contributed by atoms with Crippen LogP contribution in [0, 0.1) is 5.92 Å². The molecule has 1 fully saturated rings. The molecular weight excluding hydrogens is 186 g/mol. The van der Waals surface area contributed by atoms with Gasteiger partial charge in [0.1, 0.15) is 0 Å². The minimum atomic E-state index is 0.657. The van der Waals surface area contributed by atoms with Crippen LogP contribution in [0.15, 0.2) is 12.4 Å². The number of nitrogens with zero attached hydrogens (tertiary/aromatic N) is 2. The minimum absolute atomic E-state index is 0.657. The summed E-state index contributed by atoms with van der Waals surface area (Å²) in [5, 5.41) is 7.91. The molecule has 1 atom stereocenters. The zero-order valence-corrected chi connectivity index (χ0v) is 9.74. The molecule has 2 rings (SSSR count). The van der Waals surface area contributed by atoms with Gasteiger partial charge in [0.05, 0.1) is 11.9 Å². The summed E-state index contributed by atoms with van der Waals surface area (Å²) in [6.45, 7) is 5.45. The van der Waals surface area contributed by atoms with Crippen LogP contribution in [0.25, 0.3) is 0 Å². The van der Waals surface area contributed by atoms with Crippen molar-refractivity contribution in [3.63, 3.8) is 0 Å². The van der Waals surface area contributed by atoms with E-state index in [0.717, 1.165) is 18.9 Å². The predicted molar refractivity (Wildman–Crippen MR) is 62.9 cm³/mol. The van der Waals surface area contributed by atoms with Gasteiger partial charge in [0.25, 0.3) is 0 Å². The number of nitrogens with one attached hydrogen (secondary N) is 1. The van der Waals surface area contributed by atoms with E-state index in [9.17, 15) is 0 Å². The predicted octanol–water partition coefficient (Wildman–Crippen LogP) is 2.89. The molecule has 1 N–H and O–H groups in total. The average molecular weight is 207 g/mol. The third kappa shape index (κ3) is 2.74. The molecule has 0 aromatic carbocycles. The maximum atomic E-state index is 4.33. The Morgan fingerprint density at radius 3 is 2.93 bits per heavy atom. The van der Waals surface area contributed by atoms with E-state index in [-0.39, 0.29) is 0 Å². The summed E-state index contributed by atoms with van der Waals surface area (Å²) in [6.07, 6.45) is 9.21. The zero-order valence-electron chi connectivity index (χ0n) is 9.74. The third-order valence-electron chi connectivity index (χ3n) is 3.07. The summed E-state index contributed by atoms with van der Waals surface area (Å²) in [4.78, 5) is 0. The number of aromatic nitrogens is 2. The van der Waals surface area contributed by atoms with Crippen LogP contribution in [0.4, 0.5) is 5.69 Å². The van der Waals surface area contributed by atoms with Crippen LogP contribution in [0.5, 0.6) is 0 Å². The van der Waals surface area contributed by atoms with Gasteiger partial charge in [0, 0.05) is 18.8 Å². The van der Waals surface area contributed by atoms with Crippen molar-refractivity contribution in [3.05, 3.63) is 12.4 Å². The summed E-state index contributed by atoms with van der Waals surface area (Å²) in [5.74, 6) is 0.907. The Kier molecular flexibility index (Phi) is 3.29. The van der Waals surface area contributed by atoms with Gasteiger partial charge in [-0.25, -0.2) is 0 Å². The molecule has 1 aliphatic rings. The molecule has 1 saturated carbocycles. The van der Waals surface area contributed by atoms with Crippen molar-refractivity contribution in [1.29, 1.82) is 0 Å². The van der Waals surface area contributed by atoms with Crippen molar-refractivity contribution in [2.45, 2.75) is 52.1 Å². The van der Waals surface area contributed by atoms with Crippen molar-refractivity contribution in [2.75, 3.05) is 5.32 Å². The molecule has 0 bridgehead atoms. The van der Waals surface area contributed by atoms with Crippen LogP contribution in [-0.2, 0) is 6.54 Å². The molecule has 0 saturated heterocycles. The van der Waals surface area contributed by atoms with Crippen LogP contribution in [0.1, 0.15) is 39.5 Å². The fourth-order valence-corrected chi connectivity index (χ4v) is 2.06. The normalized spacial score (nSPS) is 17.7. The molecule has 1 aliphatic carbocycles. The second-order valence-electron chi connectivity index (χ2n) is 4.49. The van der Waals surface area contributed by atoms with Gasteiger partial charge >= 0.3 is 0 Å². The van der Waals surface area contributed by atoms with Crippen molar-refractivity contribution >= 4 is 5.69 Å². The highest BCUT2D eigenvalue weighted by Gasteiger charge is 2.29. The van der Waals surface area contributed by atoms with Gasteiger partial charge < -0.3 is 5.32 Å². The molecule has 3 heteroatoms. The molecule has 84 valence electrons. The minimum Gasteiger partial charge on any atom is -0.380 e. The van der Waals surface area contributed by atoms with E-state index in [4.69, 9.17) is 0 Å². The Labute approximate surface area is 91.9 Å². The summed E-state index contributed by atoms with van der Waals surface area (Å²) in [6, 6.07) is 0.657. The average Bonchev–Trinajstić information content (AvgIpc) is 2.98. The van der Waals surface area contributed by atoms with Crippen LogP contribution >= 0.6 is 0 Å². The van der Waals surface area contributed by atoms with E-state index in [1.807, 2.05) is 10.9 Å². The number of hydrogen-bond donors (Lipinski definition) is 1.